The Morgan fingerprint density at radius 1 is 1.14 bits per heavy atom. The summed E-state index contributed by atoms with van der Waals surface area (Å²) in [7, 11) is 1.91. The van der Waals surface area contributed by atoms with Gasteiger partial charge in [0.2, 0.25) is 0 Å². The van der Waals surface area contributed by atoms with Gasteiger partial charge in [-0.25, -0.2) is 9.97 Å². The van der Waals surface area contributed by atoms with Crippen molar-refractivity contribution in [1.82, 2.24) is 9.97 Å². The molecule has 1 N–H and O–H groups in total. The van der Waals surface area contributed by atoms with Gasteiger partial charge in [-0.1, -0.05) is 24.4 Å². The van der Waals surface area contributed by atoms with Crippen LogP contribution in [-0.2, 0) is 0 Å². The molecule has 0 amide bonds. The quantitative estimate of drug-likeness (QED) is 0.711. The summed E-state index contributed by atoms with van der Waals surface area (Å²) in [5.41, 5.74) is 2.20. The van der Waals surface area contributed by atoms with Crippen LogP contribution in [0, 0.1) is 3.57 Å². The summed E-state index contributed by atoms with van der Waals surface area (Å²) < 4.78 is 1.15. The molecule has 21 heavy (non-hydrogen) atoms. The molecule has 1 aliphatic rings. The van der Waals surface area contributed by atoms with Crippen LogP contribution in [-0.4, -0.2) is 17.0 Å². The van der Waals surface area contributed by atoms with Crippen LogP contribution in [0.5, 0.6) is 0 Å². The van der Waals surface area contributed by atoms with Crippen molar-refractivity contribution < 1.29 is 0 Å². The van der Waals surface area contributed by atoms with E-state index < -0.39 is 0 Å². The number of nitrogens with zero attached hydrogens (tertiary/aromatic N) is 2. The minimum atomic E-state index is 0.568. The van der Waals surface area contributed by atoms with E-state index in [2.05, 4.69) is 32.9 Å². The highest BCUT2D eigenvalue weighted by Crippen LogP contribution is 2.37. The van der Waals surface area contributed by atoms with Crippen molar-refractivity contribution in [2.24, 2.45) is 0 Å². The van der Waals surface area contributed by atoms with Crippen molar-refractivity contribution in [1.29, 1.82) is 0 Å². The summed E-state index contributed by atoms with van der Waals surface area (Å²) in [5, 5.41) is 3.93. The van der Waals surface area contributed by atoms with Gasteiger partial charge in [0.15, 0.2) is 5.82 Å². The molecule has 1 aliphatic carbocycles. The second-order valence-corrected chi connectivity index (χ2v) is 6.85. The molecule has 0 atom stereocenters. The number of hydrogen-bond donors (Lipinski definition) is 1. The minimum Gasteiger partial charge on any atom is -0.372 e. The van der Waals surface area contributed by atoms with Crippen LogP contribution in [0.25, 0.3) is 11.4 Å². The van der Waals surface area contributed by atoms with Gasteiger partial charge < -0.3 is 5.32 Å². The Hall–Kier alpha value is -0.880. The number of anilines is 1. The van der Waals surface area contributed by atoms with E-state index in [0.29, 0.717) is 5.92 Å². The molecule has 0 saturated heterocycles. The molecule has 110 valence electrons. The predicted molar refractivity (Wildman–Crippen MR) is 96.0 cm³/mol. The molecule has 0 unspecified atom stereocenters. The number of halogens is 2. The highest BCUT2D eigenvalue weighted by Gasteiger charge is 2.23. The van der Waals surface area contributed by atoms with Gasteiger partial charge in [-0.15, -0.1) is 0 Å². The zero-order valence-corrected chi connectivity index (χ0v) is 14.8. The molecule has 1 fully saturated rings. The van der Waals surface area contributed by atoms with Gasteiger partial charge >= 0.3 is 0 Å². The Bertz CT molecular complexity index is 637. The third kappa shape index (κ3) is 3.16. The fraction of sp³-hybridized carbons (Fsp3) is 0.375. The van der Waals surface area contributed by atoms with Gasteiger partial charge in [0, 0.05) is 23.6 Å². The molecule has 2 aromatic rings. The molecule has 3 nitrogen and oxygen atoms in total. The number of hydrogen-bond acceptors (Lipinski definition) is 3. The molecular weight excluding hydrogens is 397 g/mol. The van der Waals surface area contributed by atoms with Crippen molar-refractivity contribution in [3.8, 4) is 11.4 Å². The summed E-state index contributed by atoms with van der Waals surface area (Å²) >= 11 is 8.33. The summed E-state index contributed by atoms with van der Waals surface area (Å²) in [6.45, 7) is 0. The van der Waals surface area contributed by atoms with Crippen molar-refractivity contribution in [3.05, 3.63) is 38.6 Å². The van der Waals surface area contributed by atoms with E-state index in [1.54, 1.807) is 0 Å². The molecule has 0 spiro atoms. The minimum absolute atomic E-state index is 0.568. The number of nitrogens with one attached hydrogen (secondary N) is 1. The van der Waals surface area contributed by atoms with Crippen molar-refractivity contribution in [3.63, 3.8) is 0 Å². The normalized spacial score (nSPS) is 15.4. The molecule has 0 radical (unpaired) electrons. The molecule has 5 heteroatoms. The van der Waals surface area contributed by atoms with Crippen molar-refractivity contribution >= 4 is 40.0 Å². The molecule has 1 aromatic carbocycles. The summed E-state index contributed by atoms with van der Waals surface area (Å²) in [5.74, 6) is 2.26. The molecule has 0 aliphatic heterocycles. The standard InChI is InChI=1S/C16H17ClIN3/c1-19-16-13(18)14(10-4-2-3-5-10)20-15(21-16)11-6-8-12(17)9-7-11/h6-10H,2-5H2,1H3,(H,19,20,21). The zero-order chi connectivity index (χ0) is 14.8. The maximum absolute atomic E-state index is 5.96. The van der Waals surface area contributed by atoms with Crippen molar-refractivity contribution in [2.45, 2.75) is 31.6 Å². The first-order chi connectivity index (χ1) is 10.2. The average molecular weight is 414 g/mol. The van der Waals surface area contributed by atoms with E-state index in [1.165, 1.54) is 31.4 Å². The monoisotopic (exact) mass is 413 g/mol. The van der Waals surface area contributed by atoms with Gasteiger partial charge in [-0.2, -0.15) is 0 Å². The van der Waals surface area contributed by atoms with Gasteiger partial charge in [0.25, 0.3) is 0 Å². The largest absolute Gasteiger partial charge is 0.372 e. The van der Waals surface area contributed by atoms with Crippen LogP contribution in [0.4, 0.5) is 5.82 Å². The van der Waals surface area contributed by atoms with Crippen LogP contribution < -0.4 is 5.32 Å². The second kappa shape index (κ2) is 6.48. The summed E-state index contributed by atoms with van der Waals surface area (Å²) in [6, 6.07) is 7.71. The number of benzene rings is 1. The van der Waals surface area contributed by atoms with Gasteiger partial charge in [-0.05, 0) is 59.7 Å². The molecule has 1 aromatic heterocycles. The smallest absolute Gasteiger partial charge is 0.161 e. The van der Waals surface area contributed by atoms with E-state index in [4.69, 9.17) is 16.6 Å². The lowest BCUT2D eigenvalue weighted by Gasteiger charge is -2.15. The van der Waals surface area contributed by atoms with E-state index in [1.807, 2.05) is 31.3 Å². The lowest BCUT2D eigenvalue weighted by molar-refractivity contribution is 0.691. The summed E-state index contributed by atoms with van der Waals surface area (Å²) in [6.07, 6.45) is 5.07. The lowest BCUT2D eigenvalue weighted by Crippen LogP contribution is -2.08. The maximum Gasteiger partial charge on any atom is 0.161 e. The first kappa shape index (κ1) is 15.0. The van der Waals surface area contributed by atoms with Gasteiger partial charge in [0.05, 0.1) is 9.26 Å². The van der Waals surface area contributed by atoms with Gasteiger partial charge in [-0.3, -0.25) is 0 Å². The first-order valence-electron chi connectivity index (χ1n) is 7.20. The SMILES string of the molecule is CNc1nc(-c2ccc(Cl)cc2)nc(C2CCCC2)c1I. The van der Waals surface area contributed by atoms with Crippen LogP contribution >= 0.6 is 34.2 Å². The molecule has 1 saturated carbocycles. The van der Waals surface area contributed by atoms with Gasteiger partial charge in [0.1, 0.15) is 5.82 Å². The Labute approximate surface area is 143 Å². The highest BCUT2D eigenvalue weighted by molar-refractivity contribution is 14.1. The van der Waals surface area contributed by atoms with Crippen molar-refractivity contribution in [2.75, 3.05) is 12.4 Å². The molecule has 1 heterocycles. The van der Waals surface area contributed by atoms with E-state index >= 15 is 0 Å². The fourth-order valence-corrected chi connectivity index (χ4v) is 3.91. The molecule has 0 bridgehead atoms. The Balaban J connectivity index is 2.08. The third-order valence-corrected chi connectivity index (χ3v) is 5.27. The summed E-state index contributed by atoms with van der Waals surface area (Å²) in [4.78, 5) is 9.51. The average Bonchev–Trinajstić information content (AvgIpc) is 3.02. The molecular formula is C16H17ClIN3. The Kier molecular flexibility index (Phi) is 4.64. The topological polar surface area (TPSA) is 37.8 Å². The third-order valence-electron chi connectivity index (χ3n) is 3.96. The lowest BCUT2D eigenvalue weighted by atomic mass is 10.0. The predicted octanol–water partition coefficient (Wildman–Crippen LogP) is 5.10. The second-order valence-electron chi connectivity index (χ2n) is 5.33. The van der Waals surface area contributed by atoms with E-state index in [-0.39, 0.29) is 0 Å². The van der Waals surface area contributed by atoms with E-state index in [9.17, 15) is 0 Å². The van der Waals surface area contributed by atoms with E-state index in [0.717, 1.165) is 25.8 Å². The maximum atomic E-state index is 5.96. The zero-order valence-electron chi connectivity index (χ0n) is 11.9. The highest BCUT2D eigenvalue weighted by atomic mass is 127. The van der Waals surface area contributed by atoms with Crippen LogP contribution in [0.15, 0.2) is 24.3 Å². The first-order valence-corrected chi connectivity index (χ1v) is 8.66. The van der Waals surface area contributed by atoms with Crippen LogP contribution in [0.3, 0.4) is 0 Å². The Morgan fingerprint density at radius 3 is 2.43 bits per heavy atom. The number of aromatic nitrogens is 2. The fourth-order valence-electron chi connectivity index (χ4n) is 2.83. The van der Waals surface area contributed by atoms with Crippen LogP contribution in [0.2, 0.25) is 5.02 Å². The molecule has 3 rings (SSSR count). The van der Waals surface area contributed by atoms with Crippen LogP contribution in [0.1, 0.15) is 37.3 Å². The number of rotatable bonds is 3. The Morgan fingerprint density at radius 2 is 1.81 bits per heavy atom.